The predicted molar refractivity (Wildman–Crippen MR) is 116 cm³/mol. The zero-order valence-electron chi connectivity index (χ0n) is 16.3. The quantitative estimate of drug-likeness (QED) is 0.522. The third kappa shape index (κ3) is 4.58. The fourth-order valence-corrected chi connectivity index (χ4v) is 4.66. The molecule has 1 aliphatic heterocycles. The van der Waals surface area contributed by atoms with Crippen molar-refractivity contribution in [2.45, 2.75) is 18.9 Å². The first-order valence-corrected chi connectivity index (χ1v) is 10.9. The summed E-state index contributed by atoms with van der Waals surface area (Å²) < 4.78 is 5.99. The lowest BCUT2D eigenvalue weighted by Crippen LogP contribution is -2.46. The molecule has 3 aromatic rings. The van der Waals surface area contributed by atoms with Crippen LogP contribution in [0.1, 0.15) is 34.9 Å². The number of carbonyl (C=O) groups excluding carboxylic acids is 1. The minimum Gasteiger partial charge on any atom is -0.507 e. The Labute approximate surface area is 174 Å². The Hall–Kier alpha value is -2.48. The third-order valence-corrected chi connectivity index (χ3v) is 6.22. The van der Waals surface area contributed by atoms with Crippen LogP contribution in [-0.2, 0) is 0 Å². The number of rotatable bonds is 7. The molecule has 7 heteroatoms. The summed E-state index contributed by atoms with van der Waals surface area (Å²) in [6.45, 7) is 4.48. The normalized spacial score (nSPS) is 17.4. The number of unbranched alkanes of at least 4 members (excludes halogenated alkanes) is 1. The molecule has 152 valence electrons. The Balaban J connectivity index is 1.29. The number of hydrogen-bond acceptors (Lipinski definition) is 6. The molecule has 1 amide bonds. The molecule has 1 saturated heterocycles. The van der Waals surface area contributed by atoms with Gasteiger partial charge in [-0.15, -0.1) is 0 Å². The minimum atomic E-state index is -0.225. The fraction of sp³-hybridized carbons (Fsp3) is 0.364. The van der Waals surface area contributed by atoms with Gasteiger partial charge < -0.3 is 15.7 Å². The van der Waals surface area contributed by atoms with E-state index in [1.165, 1.54) is 21.8 Å². The van der Waals surface area contributed by atoms with Crippen LogP contribution in [0.4, 0.5) is 0 Å². The van der Waals surface area contributed by atoms with Crippen LogP contribution >= 0.6 is 11.5 Å². The van der Waals surface area contributed by atoms with Gasteiger partial charge >= 0.3 is 0 Å². The second-order valence-electron chi connectivity index (χ2n) is 7.30. The number of phenolic OH excluding ortho intramolecular Hbond substituents is 1. The second kappa shape index (κ2) is 9.35. The zero-order chi connectivity index (χ0) is 20.1. The molecular formula is C22H26N4O2S. The number of aromatic hydroxyl groups is 1. The number of nitrogens with zero attached hydrogens (tertiary/aromatic N) is 2. The van der Waals surface area contributed by atoms with Crippen LogP contribution in [0.2, 0.25) is 0 Å². The lowest BCUT2D eigenvalue weighted by Gasteiger charge is -2.35. The molecule has 0 radical (unpaired) electrons. The summed E-state index contributed by atoms with van der Waals surface area (Å²) in [7, 11) is 0. The highest BCUT2D eigenvalue weighted by atomic mass is 32.1. The molecule has 1 aromatic heterocycles. The summed E-state index contributed by atoms with van der Waals surface area (Å²) in [4.78, 5) is 14.7. The molecule has 2 heterocycles. The van der Waals surface area contributed by atoms with Gasteiger partial charge in [-0.25, -0.2) is 0 Å². The molecule has 4 rings (SSSR count). The van der Waals surface area contributed by atoms with Gasteiger partial charge in [-0.05, 0) is 49.1 Å². The van der Waals surface area contributed by atoms with Crippen molar-refractivity contribution < 1.29 is 9.90 Å². The van der Waals surface area contributed by atoms with E-state index in [-0.39, 0.29) is 17.7 Å². The maximum atomic E-state index is 12.2. The first-order chi connectivity index (χ1) is 14.2. The van der Waals surface area contributed by atoms with E-state index in [0.717, 1.165) is 39.0 Å². The number of fused-ring (bicyclic) bond motifs is 1. The van der Waals surface area contributed by atoms with Crippen LogP contribution in [0.5, 0.6) is 5.75 Å². The van der Waals surface area contributed by atoms with E-state index in [0.29, 0.717) is 12.1 Å². The molecule has 6 nitrogen and oxygen atoms in total. The molecule has 1 atom stereocenters. The van der Waals surface area contributed by atoms with Crippen molar-refractivity contribution in [3.05, 3.63) is 59.8 Å². The van der Waals surface area contributed by atoms with Crippen molar-refractivity contribution in [3.63, 3.8) is 0 Å². The van der Waals surface area contributed by atoms with Crippen molar-refractivity contribution in [3.8, 4) is 5.75 Å². The maximum absolute atomic E-state index is 12.2. The molecule has 0 saturated carbocycles. The smallest absolute Gasteiger partial charge is 0.255 e. The number of amides is 1. The average molecular weight is 411 g/mol. The summed E-state index contributed by atoms with van der Waals surface area (Å²) in [5.74, 6) is -0.207. The Morgan fingerprint density at radius 3 is 2.93 bits per heavy atom. The molecular weight excluding hydrogens is 384 g/mol. The van der Waals surface area contributed by atoms with Crippen LogP contribution in [-0.4, -0.2) is 53.0 Å². The summed E-state index contributed by atoms with van der Waals surface area (Å²) in [5, 5.41) is 17.4. The monoisotopic (exact) mass is 410 g/mol. The van der Waals surface area contributed by atoms with Crippen molar-refractivity contribution in [2.75, 3.05) is 32.7 Å². The number of benzene rings is 2. The fourth-order valence-electron chi connectivity index (χ4n) is 3.83. The van der Waals surface area contributed by atoms with E-state index < -0.39 is 0 Å². The standard InChI is InChI=1S/C22H26N4O2S/c27-19-9-3-1-7-16(19)22(28)24-11-5-6-13-26-14-12-23-15-18(26)21-17-8-2-4-10-20(17)29-25-21/h1-4,7-10,18,23,27H,5-6,11-15H2,(H,24,28). The van der Waals surface area contributed by atoms with E-state index in [2.05, 4.69) is 39.8 Å². The molecule has 0 spiro atoms. The lowest BCUT2D eigenvalue weighted by atomic mass is 10.1. The molecule has 3 N–H and O–H groups in total. The molecule has 0 bridgehead atoms. The first kappa shape index (κ1) is 19.8. The lowest BCUT2D eigenvalue weighted by molar-refractivity contribution is 0.0949. The third-order valence-electron chi connectivity index (χ3n) is 5.38. The van der Waals surface area contributed by atoms with Gasteiger partial charge in [0, 0.05) is 31.6 Å². The molecule has 1 aliphatic rings. The SMILES string of the molecule is O=C(NCCCCN1CCNCC1c1nsc2ccccc12)c1ccccc1O. The van der Waals surface area contributed by atoms with Crippen molar-refractivity contribution >= 4 is 27.5 Å². The minimum absolute atomic E-state index is 0.0177. The number of hydrogen-bond donors (Lipinski definition) is 3. The van der Waals surface area contributed by atoms with Crippen LogP contribution in [0.3, 0.4) is 0 Å². The number of nitrogens with one attached hydrogen (secondary N) is 2. The first-order valence-electron chi connectivity index (χ1n) is 10.1. The van der Waals surface area contributed by atoms with E-state index >= 15 is 0 Å². The van der Waals surface area contributed by atoms with Gasteiger partial charge in [0.25, 0.3) is 5.91 Å². The Morgan fingerprint density at radius 1 is 1.21 bits per heavy atom. The van der Waals surface area contributed by atoms with E-state index in [9.17, 15) is 9.90 Å². The number of carbonyl (C=O) groups is 1. The van der Waals surface area contributed by atoms with Gasteiger partial charge in [0.1, 0.15) is 5.75 Å². The molecule has 2 aromatic carbocycles. The van der Waals surface area contributed by atoms with Gasteiger partial charge in [-0.1, -0.05) is 30.3 Å². The highest BCUT2D eigenvalue weighted by Crippen LogP contribution is 2.31. The van der Waals surface area contributed by atoms with Gasteiger partial charge in [0.2, 0.25) is 0 Å². The summed E-state index contributed by atoms with van der Waals surface area (Å²) in [6, 6.07) is 15.3. The summed E-state index contributed by atoms with van der Waals surface area (Å²) >= 11 is 1.57. The second-order valence-corrected chi connectivity index (χ2v) is 8.10. The molecule has 1 unspecified atom stereocenters. The van der Waals surface area contributed by atoms with Crippen LogP contribution in [0.25, 0.3) is 10.1 Å². The topological polar surface area (TPSA) is 77.5 Å². The maximum Gasteiger partial charge on any atom is 0.255 e. The summed E-state index contributed by atoms with van der Waals surface area (Å²) in [5.41, 5.74) is 1.50. The van der Waals surface area contributed by atoms with Gasteiger partial charge in [0.05, 0.1) is 22.0 Å². The molecule has 1 fully saturated rings. The van der Waals surface area contributed by atoms with Crippen LogP contribution in [0, 0.1) is 0 Å². The Kier molecular flexibility index (Phi) is 6.39. The van der Waals surface area contributed by atoms with Crippen LogP contribution in [0.15, 0.2) is 48.5 Å². The highest BCUT2D eigenvalue weighted by molar-refractivity contribution is 7.13. The summed E-state index contributed by atoms with van der Waals surface area (Å²) in [6.07, 6.45) is 1.90. The van der Waals surface area contributed by atoms with Gasteiger partial charge in [-0.3, -0.25) is 9.69 Å². The van der Waals surface area contributed by atoms with E-state index in [1.807, 2.05) is 0 Å². The van der Waals surface area contributed by atoms with Crippen molar-refractivity contribution in [1.29, 1.82) is 0 Å². The van der Waals surface area contributed by atoms with E-state index in [1.54, 1.807) is 29.7 Å². The Bertz CT molecular complexity index is 974. The number of piperazine rings is 1. The number of phenols is 1. The van der Waals surface area contributed by atoms with Gasteiger partial charge in [0.15, 0.2) is 0 Å². The predicted octanol–water partition coefficient (Wildman–Crippen LogP) is 3.16. The average Bonchev–Trinajstić information content (AvgIpc) is 3.18. The highest BCUT2D eigenvalue weighted by Gasteiger charge is 2.26. The van der Waals surface area contributed by atoms with Gasteiger partial charge in [-0.2, -0.15) is 4.37 Å². The largest absolute Gasteiger partial charge is 0.507 e. The number of para-hydroxylation sites is 1. The molecule has 29 heavy (non-hydrogen) atoms. The van der Waals surface area contributed by atoms with Crippen molar-refractivity contribution in [1.82, 2.24) is 19.9 Å². The number of aromatic nitrogens is 1. The molecule has 0 aliphatic carbocycles. The Morgan fingerprint density at radius 2 is 2.03 bits per heavy atom. The van der Waals surface area contributed by atoms with E-state index in [4.69, 9.17) is 4.37 Å². The van der Waals surface area contributed by atoms with Crippen molar-refractivity contribution in [2.24, 2.45) is 0 Å². The van der Waals surface area contributed by atoms with Crippen LogP contribution < -0.4 is 10.6 Å². The zero-order valence-corrected chi connectivity index (χ0v) is 17.1.